The lowest BCUT2D eigenvalue weighted by Crippen LogP contribution is -2.33. The molecule has 2 aromatic heterocycles. The summed E-state index contributed by atoms with van der Waals surface area (Å²) in [7, 11) is 1.30. The summed E-state index contributed by atoms with van der Waals surface area (Å²) in [6.45, 7) is 4.31. The van der Waals surface area contributed by atoms with Crippen molar-refractivity contribution in [2.24, 2.45) is 0 Å². The molecule has 0 fully saturated rings. The van der Waals surface area contributed by atoms with Gasteiger partial charge in [-0.2, -0.15) is 0 Å². The maximum atomic E-state index is 13.2. The SMILES string of the molecule is COC(=O)C1=C(C)NC(C)=C(C(=O)OCC=Cc2ccc(Cn3ccnc3)cc2)C1c1ncccn1. The van der Waals surface area contributed by atoms with Gasteiger partial charge in [0.25, 0.3) is 0 Å². The van der Waals surface area contributed by atoms with Gasteiger partial charge in [0.15, 0.2) is 0 Å². The number of hydrogen-bond donors (Lipinski definition) is 1. The molecule has 184 valence electrons. The van der Waals surface area contributed by atoms with E-state index in [2.05, 4.69) is 20.3 Å². The van der Waals surface area contributed by atoms with E-state index in [0.717, 1.165) is 17.7 Å². The van der Waals surface area contributed by atoms with Crippen molar-refractivity contribution >= 4 is 18.0 Å². The van der Waals surface area contributed by atoms with E-state index in [9.17, 15) is 9.59 Å². The predicted octanol–water partition coefficient (Wildman–Crippen LogP) is 3.39. The van der Waals surface area contributed by atoms with Gasteiger partial charge in [0.05, 0.1) is 30.5 Å². The number of ether oxygens (including phenoxy) is 2. The van der Waals surface area contributed by atoms with Gasteiger partial charge in [-0.1, -0.05) is 30.3 Å². The molecule has 0 saturated carbocycles. The van der Waals surface area contributed by atoms with Crippen LogP contribution in [-0.2, 0) is 25.6 Å². The van der Waals surface area contributed by atoms with Crippen LogP contribution >= 0.6 is 0 Å². The Morgan fingerprint density at radius 3 is 2.36 bits per heavy atom. The van der Waals surface area contributed by atoms with E-state index in [1.54, 1.807) is 50.9 Å². The quantitative estimate of drug-likeness (QED) is 0.484. The van der Waals surface area contributed by atoms with Crippen LogP contribution in [0.3, 0.4) is 0 Å². The van der Waals surface area contributed by atoms with Crippen LogP contribution in [0.4, 0.5) is 0 Å². The third-order valence-corrected chi connectivity index (χ3v) is 5.75. The number of nitrogens with zero attached hydrogens (tertiary/aromatic N) is 4. The molecule has 1 aromatic carbocycles. The summed E-state index contributed by atoms with van der Waals surface area (Å²) >= 11 is 0. The highest BCUT2D eigenvalue weighted by Gasteiger charge is 2.39. The molecule has 1 unspecified atom stereocenters. The van der Waals surface area contributed by atoms with Gasteiger partial charge in [-0.05, 0) is 37.1 Å². The van der Waals surface area contributed by atoms with E-state index in [0.29, 0.717) is 17.2 Å². The first kappa shape index (κ1) is 24.6. The van der Waals surface area contributed by atoms with Crippen molar-refractivity contribution in [1.82, 2.24) is 24.8 Å². The normalized spacial score (nSPS) is 15.7. The number of aromatic nitrogens is 4. The molecule has 1 aliphatic heterocycles. The monoisotopic (exact) mass is 485 g/mol. The Labute approximate surface area is 209 Å². The van der Waals surface area contributed by atoms with Gasteiger partial charge in [0, 0.05) is 42.7 Å². The van der Waals surface area contributed by atoms with Crippen molar-refractivity contribution in [3.63, 3.8) is 0 Å². The Hall–Kier alpha value is -4.53. The lowest BCUT2D eigenvalue weighted by molar-refractivity contribution is -0.138. The van der Waals surface area contributed by atoms with E-state index in [1.165, 1.54) is 7.11 Å². The summed E-state index contributed by atoms with van der Waals surface area (Å²) in [5.74, 6) is -1.62. The number of hydrogen-bond acceptors (Lipinski definition) is 8. The summed E-state index contributed by atoms with van der Waals surface area (Å²) in [4.78, 5) is 38.4. The zero-order valence-corrected chi connectivity index (χ0v) is 20.3. The molecule has 36 heavy (non-hydrogen) atoms. The molecule has 1 aliphatic rings. The number of rotatable bonds is 8. The van der Waals surface area contributed by atoms with E-state index in [1.807, 2.05) is 41.1 Å². The highest BCUT2D eigenvalue weighted by Crippen LogP contribution is 2.37. The average molecular weight is 486 g/mol. The highest BCUT2D eigenvalue weighted by molar-refractivity contribution is 5.99. The molecule has 1 N–H and O–H groups in total. The lowest BCUT2D eigenvalue weighted by Gasteiger charge is -2.28. The smallest absolute Gasteiger partial charge is 0.337 e. The van der Waals surface area contributed by atoms with Crippen molar-refractivity contribution in [2.75, 3.05) is 13.7 Å². The first-order chi connectivity index (χ1) is 17.5. The zero-order valence-electron chi connectivity index (χ0n) is 20.3. The lowest BCUT2D eigenvalue weighted by atomic mass is 9.84. The minimum atomic E-state index is -0.806. The summed E-state index contributed by atoms with van der Waals surface area (Å²) < 4.78 is 12.5. The molecule has 4 rings (SSSR count). The summed E-state index contributed by atoms with van der Waals surface area (Å²) in [6.07, 6.45) is 12.2. The van der Waals surface area contributed by atoms with Crippen LogP contribution in [0.2, 0.25) is 0 Å². The molecule has 0 saturated heterocycles. The van der Waals surface area contributed by atoms with Gasteiger partial charge in [0.1, 0.15) is 12.4 Å². The van der Waals surface area contributed by atoms with Crippen LogP contribution < -0.4 is 5.32 Å². The first-order valence-electron chi connectivity index (χ1n) is 11.4. The van der Waals surface area contributed by atoms with Crippen LogP contribution in [-0.4, -0.2) is 45.2 Å². The summed E-state index contributed by atoms with van der Waals surface area (Å²) in [5.41, 5.74) is 3.82. The minimum absolute atomic E-state index is 0.0605. The van der Waals surface area contributed by atoms with E-state index >= 15 is 0 Å². The minimum Gasteiger partial charge on any atom is -0.466 e. The highest BCUT2D eigenvalue weighted by atomic mass is 16.5. The number of allylic oxidation sites excluding steroid dienone is 2. The van der Waals surface area contributed by atoms with Gasteiger partial charge in [-0.25, -0.2) is 24.5 Å². The molecule has 0 amide bonds. The van der Waals surface area contributed by atoms with Crippen molar-refractivity contribution in [3.8, 4) is 0 Å². The maximum absolute atomic E-state index is 13.2. The maximum Gasteiger partial charge on any atom is 0.337 e. The Kier molecular flexibility index (Phi) is 7.69. The van der Waals surface area contributed by atoms with Gasteiger partial charge < -0.3 is 19.4 Å². The second-order valence-corrected chi connectivity index (χ2v) is 8.21. The molecule has 0 radical (unpaired) electrons. The third kappa shape index (κ3) is 5.57. The molecule has 9 nitrogen and oxygen atoms in total. The molecule has 9 heteroatoms. The van der Waals surface area contributed by atoms with Crippen molar-refractivity contribution in [2.45, 2.75) is 26.3 Å². The number of carbonyl (C=O) groups is 2. The van der Waals surface area contributed by atoms with Crippen LogP contribution in [0.1, 0.15) is 36.7 Å². The first-order valence-corrected chi connectivity index (χ1v) is 11.4. The van der Waals surface area contributed by atoms with E-state index in [-0.39, 0.29) is 17.8 Å². The topological polar surface area (TPSA) is 108 Å². The van der Waals surface area contributed by atoms with Crippen LogP contribution in [0.5, 0.6) is 0 Å². The largest absolute Gasteiger partial charge is 0.466 e. The zero-order chi connectivity index (χ0) is 25.5. The molecule has 0 bridgehead atoms. The van der Waals surface area contributed by atoms with Crippen molar-refractivity contribution < 1.29 is 19.1 Å². The van der Waals surface area contributed by atoms with E-state index < -0.39 is 17.9 Å². The number of methoxy groups -OCH3 is 1. The van der Waals surface area contributed by atoms with Crippen LogP contribution in [0, 0.1) is 0 Å². The standard InChI is InChI=1S/C27H27N5O4/c1-18-22(26(33)35-3)24(25-29-11-5-12-30-25)23(19(2)31-18)27(34)36-15-4-6-20-7-9-21(10-8-20)16-32-14-13-28-17-32/h4-14,17,24,31H,15-16H2,1-3H3. The van der Waals surface area contributed by atoms with Gasteiger partial charge in [-0.15, -0.1) is 0 Å². The van der Waals surface area contributed by atoms with Gasteiger partial charge in [-0.3, -0.25) is 0 Å². The van der Waals surface area contributed by atoms with Gasteiger partial charge >= 0.3 is 11.9 Å². The fraction of sp³-hybridized carbons (Fsp3) is 0.222. The number of imidazole rings is 1. The Morgan fingerprint density at radius 1 is 1.03 bits per heavy atom. The number of dihydropyridines is 1. The number of esters is 2. The Morgan fingerprint density at radius 2 is 1.72 bits per heavy atom. The Balaban J connectivity index is 1.45. The fourth-order valence-electron chi connectivity index (χ4n) is 4.07. The fourth-order valence-corrected chi connectivity index (χ4v) is 4.07. The molecule has 3 heterocycles. The number of carbonyl (C=O) groups excluding carboxylic acids is 2. The number of nitrogens with one attached hydrogen (secondary N) is 1. The molecular formula is C27H27N5O4. The second kappa shape index (κ2) is 11.3. The van der Waals surface area contributed by atoms with Crippen molar-refractivity contribution in [3.05, 3.63) is 107 Å². The van der Waals surface area contributed by atoms with E-state index in [4.69, 9.17) is 9.47 Å². The van der Waals surface area contributed by atoms with Crippen LogP contribution in [0.15, 0.2) is 90.1 Å². The predicted molar refractivity (Wildman–Crippen MR) is 133 cm³/mol. The Bertz CT molecular complexity index is 1310. The summed E-state index contributed by atoms with van der Waals surface area (Å²) in [6, 6.07) is 9.76. The van der Waals surface area contributed by atoms with Crippen molar-refractivity contribution in [1.29, 1.82) is 0 Å². The summed E-state index contributed by atoms with van der Waals surface area (Å²) in [5, 5.41) is 3.09. The average Bonchev–Trinajstić information content (AvgIpc) is 3.40. The molecule has 1 atom stereocenters. The number of benzene rings is 1. The van der Waals surface area contributed by atoms with Crippen LogP contribution in [0.25, 0.3) is 6.08 Å². The molecule has 0 spiro atoms. The molecule has 3 aromatic rings. The van der Waals surface area contributed by atoms with Gasteiger partial charge in [0.2, 0.25) is 0 Å². The molecular weight excluding hydrogens is 458 g/mol. The second-order valence-electron chi connectivity index (χ2n) is 8.21. The third-order valence-electron chi connectivity index (χ3n) is 5.75. The molecule has 0 aliphatic carbocycles.